The van der Waals surface area contributed by atoms with E-state index < -0.39 is 0 Å². The third-order valence-electron chi connectivity index (χ3n) is 2.76. The van der Waals surface area contributed by atoms with Gasteiger partial charge in [-0.25, -0.2) is 0 Å². The zero-order valence-corrected chi connectivity index (χ0v) is 12.6. The minimum atomic E-state index is 0.0564. The number of carbonyl (C=O) groups excluding carboxylic acids is 1. The zero-order chi connectivity index (χ0) is 14.2. The van der Waals surface area contributed by atoms with Crippen LogP contribution in [-0.4, -0.2) is 18.2 Å². The van der Waals surface area contributed by atoms with Crippen molar-refractivity contribution in [1.82, 2.24) is 5.32 Å². The predicted molar refractivity (Wildman–Crippen MR) is 85.3 cm³/mol. The highest BCUT2D eigenvalue weighted by atomic mass is 35.5. The summed E-state index contributed by atoms with van der Waals surface area (Å²) in [6.07, 6.45) is 0.859. The van der Waals surface area contributed by atoms with Gasteiger partial charge in [0.1, 0.15) is 0 Å². The van der Waals surface area contributed by atoms with Crippen LogP contribution in [0, 0.1) is 0 Å². The van der Waals surface area contributed by atoms with E-state index in [1.807, 2.05) is 42.5 Å². The molecule has 0 aliphatic heterocycles. The summed E-state index contributed by atoms with van der Waals surface area (Å²) >= 11 is 7.33. The number of rotatable bonds is 6. The highest BCUT2D eigenvalue weighted by Gasteiger charge is 2.02. The van der Waals surface area contributed by atoms with Crippen LogP contribution in [0.2, 0.25) is 5.02 Å². The molecule has 4 heteroatoms. The van der Waals surface area contributed by atoms with Gasteiger partial charge in [0, 0.05) is 16.5 Å². The third-order valence-corrected chi connectivity index (χ3v) is 4.03. The molecule has 2 aromatic rings. The van der Waals surface area contributed by atoms with Gasteiger partial charge in [-0.3, -0.25) is 4.79 Å². The summed E-state index contributed by atoms with van der Waals surface area (Å²) in [7, 11) is 0. The summed E-state index contributed by atoms with van der Waals surface area (Å²) in [5.41, 5.74) is 1.23. The molecule has 2 nitrogen and oxygen atoms in total. The molecule has 0 bridgehead atoms. The molecule has 0 fully saturated rings. The van der Waals surface area contributed by atoms with Crippen LogP contribution in [0.5, 0.6) is 0 Å². The van der Waals surface area contributed by atoms with Crippen molar-refractivity contribution in [2.75, 3.05) is 12.3 Å². The largest absolute Gasteiger partial charge is 0.355 e. The summed E-state index contributed by atoms with van der Waals surface area (Å²) in [5, 5.41) is 3.64. The molecule has 1 amide bonds. The maximum absolute atomic E-state index is 11.7. The lowest BCUT2D eigenvalue weighted by Crippen LogP contribution is -2.27. The Balaban J connectivity index is 1.67. The third kappa shape index (κ3) is 5.27. The monoisotopic (exact) mass is 305 g/mol. The molecule has 0 spiro atoms. The molecule has 0 saturated carbocycles. The summed E-state index contributed by atoms with van der Waals surface area (Å²) in [6.45, 7) is 0.671. The van der Waals surface area contributed by atoms with E-state index in [0.29, 0.717) is 17.3 Å². The first-order valence-corrected chi connectivity index (χ1v) is 7.79. The first kappa shape index (κ1) is 14.9. The van der Waals surface area contributed by atoms with Gasteiger partial charge in [0.05, 0.1) is 5.75 Å². The Hall–Kier alpha value is -1.45. The highest BCUT2D eigenvalue weighted by Crippen LogP contribution is 2.19. The van der Waals surface area contributed by atoms with E-state index >= 15 is 0 Å². The molecule has 0 atom stereocenters. The molecule has 1 N–H and O–H groups in total. The van der Waals surface area contributed by atoms with E-state index in [0.717, 1.165) is 11.3 Å². The number of thioether (sulfide) groups is 1. The first-order chi connectivity index (χ1) is 9.74. The molecule has 104 valence electrons. The minimum Gasteiger partial charge on any atom is -0.355 e. The molecule has 2 rings (SSSR count). The molecular formula is C16H16ClNOS. The van der Waals surface area contributed by atoms with Gasteiger partial charge < -0.3 is 5.32 Å². The number of nitrogens with one attached hydrogen (secondary N) is 1. The van der Waals surface area contributed by atoms with Gasteiger partial charge in [-0.05, 0) is 36.2 Å². The zero-order valence-electron chi connectivity index (χ0n) is 11.0. The number of benzene rings is 2. The number of hydrogen-bond donors (Lipinski definition) is 1. The van der Waals surface area contributed by atoms with Gasteiger partial charge in [0.15, 0.2) is 0 Å². The minimum absolute atomic E-state index is 0.0564. The molecule has 0 aliphatic rings. The van der Waals surface area contributed by atoms with Crippen molar-refractivity contribution in [2.45, 2.75) is 11.3 Å². The van der Waals surface area contributed by atoms with E-state index in [9.17, 15) is 4.79 Å². The lowest BCUT2D eigenvalue weighted by molar-refractivity contribution is -0.118. The molecule has 0 aromatic heterocycles. The van der Waals surface area contributed by atoms with Crippen molar-refractivity contribution in [2.24, 2.45) is 0 Å². The lowest BCUT2D eigenvalue weighted by atomic mass is 10.1. The van der Waals surface area contributed by atoms with Crippen molar-refractivity contribution < 1.29 is 4.79 Å². The van der Waals surface area contributed by atoms with Crippen LogP contribution in [0.4, 0.5) is 0 Å². The van der Waals surface area contributed by atoms with Crippen LogP contribution < -0.4 is 5.32 Å². The van der Waals surface area contributed by atoms with E-state index in [1.165, 1.54) is 17.3 Å². The van der Waals surface area contributed by atoms with Crippen molar-refractivity contribution in [3.05, 3.63) is 65.2 Å². The number of halogens is 1. The maximum Gasteiger partial charge on any atom is 0.230 e. The summed E-state index contributed by atoms with van der Waals surface area (Å²) in [4.78, 5) is 12.8. The SMILES string of the molecule is O=C(CSc1ccc(Cl)cc1)NCCc1ccccc1. The van der Waals surface area contributed by atoms with Gasteiger partial charge in [-0.15, -0.1) is 11.8 Å². The van der Waals surface area contributed by atoms with Crippen LogP contribution >= 0.6 is 23.4 Å². The molecule has 20 heavy (non-hydrogen) atoms. The second-order valence-corrected chi connectivity index (χ2v) is 5.81. The second kappa shape index (κ2) is 7.98. The van der Waals surface area contributed by atoms with Crippen LogP contribution in [0.1, 0.15) is 5.56 Å². The molecule has 0 unspecified atom stereocenters. The number of hydrogen-bond acceptors (Lipinski definition) is 2. The van der Waals surface area contributed by atoms with Crippen LogP contribution in [-0.2, 0) is 11.2 Å². The van der Waals surface area contributed by atoms with Crippen LogP contribution in [0.25, 0.3) is 0 Å². The van der Waals surface area contributed by atoms with Gasteiger partial charge in [0.25, 0.3) is 0 Å². The van der Waals surface area contributed by atoms with Crippen LogP contribution in [0.3, 0.4) is 0 Å². The number of amides is 1. The predicted octanol–water partition coefficient (Wildman–Crippen LogP) is 3.79. The standard InChI is InChI=1S/C16H16ClNOS/c17-14-6-8-15(9-7-14)20-12-16(19)18-11-10-13-4-2-1-3-5-13/h1-9H,10-12H2,(H,18,19). The normalized spacial score (nSPS) is 10.2. The summed E-state index contributed by atoms with van der Waals surface area (Å²) in [6, 6.07) is 17.6. The van der Waals surface area contributed by atoms with E-state index in [-0.39, 0.29) is 5.91 Å². The fourth-order valence-corrected chi connectivity index (χ4v) is 2.58. The van der Waals surface area contributed by atoms with E-state index in [4.69, 9.17) is 11.6 Å². The average molecular weight is 306 g/mol. The molecule has 0 heterocycles. The Morgan fingerprint density at radius 1 is 1.05 bits per heavy atom. The van der Waals surface area contributed by atoms with E-state index in [1.54, 1.807) is 0 Å². The van der Waals surface area contributed by atoms with Crippen molar-refractivity contribution in [1.29, 1.82) is 0 Å². The molecule has 0 aliphatic carbocycles. The van der Waals surface area contributed by atoms with Crippen LogP contribution in [0.15, 0.2) is 59.5 Å². The topological polar surface area (TPSA) is 29.1 Å². The molecule has 0 radical (unpaired) electrons. The second-order valence-electron chi connectivity index (χ2n) is 4.33. The summed E-state index contributed by atoms with van der Waals surface area (Å²) < 4.78 is 0. The summed E-state index contributed by atoms with van der Waals surface area (Å²) in [5.74, 6) is 0.483. The van der Waals surface area contributed by atoms with Crippen molar-refractivity contribution in [3.63, 3.8) is 0 Å². The molecular weight excluding hydrogens is 290 g/mol. The Morgan fingerprint density at radius 2 is 1.75 bits per heavy atom. The molecule has 0 saturated heterocycles. The van der Waals surface area contributed by atoms with Gasteiger partial charge in [-0.2, -0.15) is 0 Å². The molecule has 2 aromatic carbocycles. The van der Waals surface area contributed by atoms with Gasteiger partial charge >= 0.3 is 0 Å². The fourth-order valence-electron chi connectivity index (χ4n) is 1.72. The van der Waals surface area contributed by atoms with Gasteiger partial charge in [-0.1, -0.05) is 41.9 Å². The number of carbonyl (C=O) groups is 1. The Bertz CT molecular complexity index is 542. The Morgan fingerprint density at radius 3 is 2.45 bits per heavy atom. The highest BCUT2D eigenvalue weighted by molar-refractivity contribution is 8.00. The van der Waals surface area contributed by atoms with E-state index in [2.05, 4.69) is 17.4 Å². The fraction of sp³-hybridized carbons (Fsp3) is 0.188. The first-order valence-electron chi connectivity index (χ1n) is 6.43. The Kier molecular flexibility index (Phi) is 5.96. The smallest absolute Gasteiger partial charge is 0.230 e. The quantitative estimate of drug-likeness (QED) is 0.823. The maximum atomic E-state index is 11.7. The van der Waals surface area contributed by atoms with Crippen molar-refractivity contribution >= 4 is 29.3 Å². The average Bonchev–Trinajstić information content (AvgIpc) is 2.48. The van der Waals surface area contributed by atoms with Crippen molar-refractivity contribution in [3.8, 4) is 0 Å². The lowest BCUT2D eigenvalue weighted by Gasteiger charge is -2.05. The van der Waals surface area contributed by atoms with Gasteiger partial charge in [0.2, 0.25) is 5.91 Å². The Labute approximate surface area is 128 Å².